The lowest BCUT2D eigenvalue weighted by Crippen LogP contribution is -2.28. The number of halogens is 3. The molecule has 1 atom stereocenters. The summed E-state index contributed by atoms with van der Waals surface area (Å²) in [6.45, 7) is -0.158. The molecular formula is C21H23F3N10O2. The van der Waals surface area contributed by atoms with Crippen LogP contribution in [0.5, 0.6) is 0 Å². The summed E-state index contributed by atoms with van der Waals surface area (Å²) in [4.78, 5) is 47.1. The van der Waals surface area contributed by atoms with Crippen LogP contribution in [0.15, 0.2) is 31.0 Å². The molecule has 12 nitrogen and oxygen atoms in total. The van der Waals surface area contributed by atoms with E-state index >= 15 is 0 Å². The van der Waals surface area contributed by atoms with Crippen molar-refractivity contribution < 1.29 is 22.8 Å². The van der Waals surface area contributed by atoms with Crippen molar-refractivity contribution in [2.45, 2.75) is 19.1 Å². The zero-order valence-corrected chi connectivity index (χ0v) is 19.4. The minimum Gasteiger partial charge on any atom is -0.371 e. The van der Waals surface area contributed by atoms with Gasteiger partial charge in [0.1, 0.15) is 12.4 Å². The van der Waals surface area contributed by atoms with Gasteiger partial charge in [-0.3, -0.25) is 9.59 Å². The maximum absolute atomic E-state index is 12.9. The van der Waals surface area contributed by atoms with Crippen molar-refractivity contribution in [3.8, 4) is 11.4 Å². The molecule has 1 fully saturated rings. The zero-order valence-electron chi connectivity index (χ0n) is 19.4. The molecule has 1 saturated heterocycles. The molecule has 3 aromatic rings. The Morgan fingerprint density at radius 2 is 1.89 bits per heavy atom. The molecule has 1 unspecified atom stereocenters. The molecule has 4 rings (SSSR count). The van der Waals surface area contributed by atoms with Gasteiger partial charge in [0, 0.05) is 45.8 Å². The molecule has 36 heavy (non-hydrogen) atoms. The van der Waals surface area contributed by atoms with Gasteiger partial charge in [-0.2, -0.15) is 13.2 Å². The third-order valence-electron chi connectivity index (χ3n) is 5.58. The smallest absolute Gasteiger partial charge is 0.371 e. The highest BCUT2D eigenvalue weighted by molar-refractivity contribution is 5.98. The minimum atomic E-state index is -4.25. The van der Waals surface area contributed by atoms with E-state index in [1.807, 2.05) is 0 Å². The number of carbonyl (C=O) groups excluding carboxylic acids is 2. The zero-order chi connectivity index (χ0) is 25.9. The van der Waals surface area contributed by atoms with E-state index < -0.39 is 23.9 Å². The van der Waals surface area contributed by atoms with Gasteiger partial charge in [0.05, 0.1) is 17.8 Å². The second-order valence-electron chi connectivity index (χ2n) is 7.96. The number of aromatic nitrogens is 6. The van der Waals surface area contributed by atoms with E-state index in [1.54, 1.807) is 7.05 Å². The summed E-state index contributed by atoms with van der Waals surface area (Å²) in [5.41, 5.74) is 0.631. The van der Waals surface area contributed by atoms with Crippen LogP contribution in [0.3, 0.4) is 0 Å². The predicted molar refractivity (Wildman–Crippen MR) is 123 cm³/mol. The summed E-state index contributed by atoms with van der Waals surface area (Å²) >= 11 is 0. The standard InChI is InChI=1S/C21H23F3N10O2/c1-25-18-16(19(36)26-2)34(11-30-18)10-15(35)31-14-3-5-27-17(32-14)12-7-28-20(29-8-12)33-6-4-13(9-33)21(22,23)24/h3,5,7-8,11,13,25H,4,6,9-10H2,1-2H3,(H,26,36)(H,27,31,32,35). The molecule has 3 aromatic heterocycles. The van der Waals surface area contributed by atoms with E-state index in [1.165, 1.54) is 47.5 Å². The molecule has 0 radical (unpaired) electrons. The highest BCUT2D eigenvalue weighted by atomic mass is 19.4. The Morgan fingerprint density at radius 3 is 2.53 bits per heavy atom. The van der Waals surface area contributed by atoms with Crippen molar-refractivity contribution in [3.63, 3.8) is 0 Å². The summed E-state index contributed by atoms with van der Waals surface area (Å²) in [5.74, 6) is -1.30. The van der Waals surface area contributed by atoms with Gasteiger partial charge >= 0.3 is 6.18 Å². The number of rotatable bonds is 7. The Hall–Kier alpha value is -4.30. The van der Waals surface area contributed by atoms with Crippen LogP contribution in [0.25, 0.3) is 11.4 Å². The van der Waals surface area contributed by atoms with Gasteiger partial charge in [-0.25, -0.2) is 24.9 Å². The third-order valence-corrected chi connectivity index (χ3v) is 5.58. The van der Waals surface area contributed by atoms with Gasteiger partial charge < -0.3 is 25.4 Å². The predicted octanol–water partition coefficient (Wildman–Crippen LogP) is 1.56. The van der Waals surface area contributed by atoms with Crippen molar-refractivity contribution in [1.82, 2.24) is 34.8 Å². The number of imidazole rings is 1. The van der Waals surface area contributed by atoms with Crippen LogP contribution in [-0.2, 0) is 11.3 Å². The van der Waals surface area contributed by atoms with E-state index in [0.717, 1.165) is 0 Å². The Balaban J connectivity index is 1.43. The van der Waals surface area contributed by atoms with Crippen LogP contribution in [0.2, 0.25) is 0 Å². The lowest BCUT2D eigenvalue weighted by Gasteiger charge is -2.17. The maximum Gasteiger partial charge on any atom is 0.393 e. The number of hydrogen-bond acceptors (Lipinski definition) is 9. The molecule has 1 aliphatic heterocycles. The molecule has 190 valence electrons. The Bertz CT molecular complexity index is 1250. The van der Waals surface area contributed by atoms with E-state index in [2.05, 4.69) is 40.9 Å². The number of alkyl halides is 3. The third kappa shape index (κ3) is 5.34. The summed E-state index contributed by atoms with van der Waals surface area (Å²) in [7, 11) is 3.09. The first-order valence-corrected chi connectivity index (χ1v) is 10.9. The average molecular weight is 504 g/mol. The SMILES string of the molecule is CNC(=O)c1c(NC)ncn1CC(=O)Nc1ccnc(-c2cnc(N3CCC(C(F)(F)F)C3)nc2)n1. The molecule has 0 aliphatic carbocycles. The van der Waals surface area contributed by atoms with Crippen molar-refractivity contribution in [2.24, 2.45) is 5.92 Å². The van der Waals surface area contributed by atoms with Crippen molar-refractivity contribution in [3.05, 3.63) is 36.7 Å². The molecule has 0 spiro atoms. The van der Waals surface area contributed by atoms with Gasteiger partial charge in [0.2, 0.25) is 11.9 Å². The summed E-state index contributed by atoms with van der Waals surface area (Å²) in [5, 5.41) is 7.95. The second kappa shape index (κ2) is 10.1. The van der Waals surface area contributed by atoms with Crippen LogP contribution < -0.4 is 20.9 Å². The molecule has 0 saturated carbocycles. The number of anilines is 3. The first-order chi connectivity index (χ1) is 17.2. The van der Waals surface area contributed by atoms with Crippen molar-refractivity contribution in [1.29, 1.82) is 0 Å². The minimum absolute atomic E-state index is 0.000577. The molecule has 15 heteroatoms. The first-order valence-electron chi connectivity index (χ1n) is 10.9. The largest absolute Gasteiger partial charge is 0.393 e. The Kier molecular flexibility index (Phi) is 6.98. The Labute approximate surface area is 203 Å². The highest BCUT2D eigenvalue weighted by Gasteiger charge is 2.44. The molecule has 4 heterocycles. The molecular weight excluding hydrogens is 481 g/mol. The van der Waals surface area contributed by atoms with E-state index in [0.29, 0.717) is 11.4 Å². The van der Waals surface area contributed by atoms with Gasteiger partial charge in [0.15, 0.2) is 17.3 Å². The quantitative estimate of drug-likeness (QED) is 0.437. The first kappa shape index (κ1) is 24.8. The fourth-order valence-electron chi connectivity index (χ4n) is 3.76. The lowest BCUT2D eigenvalue weighted by atomic mass is 10.1. The average Bonchev–Trinajstić information content (AvgIpc) is 3.51. The number of nitrogens with zero attached hydrogens (tertiary/aromatic N) is 7. The molecule has 1 aliphatic rings. The molecule has 3 N–H and O–H groups in total. The Morgan fingerprint density at radius 1 is 1.14 bits per heavy atom. The summed E-state index contributed by atoms with van der Waals surface area (Å²) in [6.07, 6.45) is 1.41. The summed E-state index contributed by atoms with van der Waals surface area (Å²) < 4.78 is 40.2. The molecule has 2 amide bonds. The maximum atomic E-state index is 12.9. The van der Waals surface area contributed by atoms with Gasteiger partial charge in [-0.15, -0.1) is 0 Å². The van der Waals surface area contributed by atoms with Gasteiger partial charge in [-0.1, -0.05) is 0 Å². The fraction of sp³-hybridized carbons (Fsp3) is 0.381. The van der Waals surface area contributed by atoms with E-state index in [4.69, 9.17) is 0 Å². The monoisotopic (exact) mass is 504 g/mol. The number of nitrogens with one attached hydrogen (secondary N) is 3. The van der Waals surface area contributed by atoms with E-state index in [9.17, 15) is 22.8 Å². The van der Waals surface area contributed by atoms with Crippen LogP contribution in [-0.4, -0.2) is 74.7 Å². The van der Waals surface area contributed by atoms with Crippen molar-refractivity contribution >= 4 is 29.4 Å². The fourth-order valence-corrected chi connectivity index (χ4v) is 3.76. The van der Waals surface area contributed by atoms with E-state index in [-0.39, 0.29) is 49.3 Å². The van der Waals surface area contributed by atoms with Gasteiger partial charge in [0.25, 0.3) is 5.91 Å². The van der Waals surface area contributed by atoms with Crippen LogP contribution in [0.4, 0.5) is 30.8 Å². The topological polar surface area (TPSA) is 143 Å². The number of hydrogen-bond donors (Lipinski definition) is 3. The van der Waals surface area contributed by atoms with Crippen molar-refractivity contribution in [2.75, 3.05) is 42.7 Å². The normalized spacial score (nSPS) is 15.6. The van der Waals surface area contributed by atoms with Crippen LogP contribution in [0.1, 0.15) is 16.9 Å². The highest BCUT2D eigenvalue weighted by Crippen LogP contribution is 2.34. The van der Waals surface area contributed by atoms with Crippen LogP contribution >= 0.6 is 0 Å². The second-order valence-corrected chi connectivity index (χ2v) is 7.96. The lowest BCUT2D eigenvalue weighted by molar-refractivity contribution is -0.168. The molecule has 0 bridgehead atoms. The molecule has 0 aromatic carbocycles. The number of amides is 2. The van der Waals surface area contributed by atoms with Crippen LogP contribution in [0, 0.1) is 5.92 Å². The van der Waals surface area contributed by atoms with Gasteiger partial charge in [-0.05, 0) is 12.5 Å². The number of carbonyl (C=O) groups is 2. The summed E-state index contributed by atoms with van der Waals surface area (Å²) in [6, 6.07) is 1.49.